The fourth-order valence-electron chi connectivity index (χ4n) is 2.70. The molecule has 1 unspecified atom stereocenters. The number of carbonyl (C=O) groups excluding carboxylic acids is 1. The number of amides is 1. The summed E-state index contributed by atoms with van der Waals surface area (Å²) in [5.41, 5.74) is 1.16. The van der Waals surface area contributed by atoms with Gasteiger partial charge in [-0.3, -0.25) is 9.48 Å². The lowest BCUT2D eigenvalue weighted by Crippen LogP contribution is -2.32. The molecule has 25 heavy (non-hydrogen) atoms. The maximum atomic E-state index is 12.8. The van der Waals surface area contributed by atoms with E-state index in [-0.39, 0.29) is 11.9 Å². The van der Waals surface area contributed by atoms with Crippen molar-refractivity contribution in [1.82, 2.24) is 35.1 Å². The van der Waals surface area contributed by atoms with Gasteiger partial charge in [-0.1, -0.05) is 37.3 Å². The molecule has 3 aromatic rings. The monoisotopic (exact) mass is 339 g/mol. The van der Waals surface area contributed by atoms with Crippen molar-refractivity contribution in [2.24, 2.45) is 13.0 Å². The van der Waals surface area contributed by atoms with Crippen molar-refractivity contribution in [2.45, 2.75) is 26.3 Å². The van der Waals surface area contributed by atoms with Crippen molar-refractivity contribution in [2.75, 3.05) is 0 Å². The van der Waals surface area contributed by atoms with Gasteiger partial charge in [0.15, 0.2) is 5.69 Å². The summed E-state index contributed by atoms with van der Waals surface area (Å²) in [5.74, 6) is 0.863. The Balaban J connectivity index is 1.86. The van der Waals surface area contributed by atoms with Gasteiger partial charge in [-0.25, -0.2) is 9.67 Å². The Hall–Kier alpha value is -3.03. The number of nitrogens with zero attached hydrogens (tertiary/aromatic N) is 6. The van der Waals surface area contributed by atoms with Crippen LogP contribution in [-0.2, 0) is 7.05 Å². The normalized spacial score (nSPS) is 12.3. The summed E-state index contributed by atoms with van der Waals surface area (Å²) in [4.78, 5) is 17.1. The molecular formula is C17H21N7O. The summed E-state index contributed by atoms with van der Waals surface area (Å²) in [6, 6.07) is 9.20. The second-order valence-corrected chi connectivity index (χ2v) is 6.26. The number of carbonyl (C=O) groups is 1. The minimum atomic E-state index is -0.248. The lowest BCUT2D eigenvalue weighted by molar-refractivity contribution is 0.0921. The van der Waals surface area contributed by atoms with E-state index in [1.807, 2.05) is 37.4 Å². The van der Waals surface area contributed by atoms with Gasteiger partial charge in [0, 0.05) is 7.05 Å². The summed E-state index contributed by atoms with van der Waals surface area (Å²) in [7, 11) is 1.82. The molecule has 8 nitrogen and oxygen atoms in total. The van der Waals surface area contributed by atoms with Crippen LogP contribution >= 0.6 is 0 Å². The van der Waals surface area contributed by atoms with Gasteiger partial charge in [-0.05, 0) is 24.5 Å². The molecule has 130 valence electrons. The maximum absolute atomic E-state index is 12.8. The Kier molecular flexibility index (Phi) is 4.87. The summed E-state index contributed by atoms with van der Waals surface area (Å²) in [6.07, 6.45) is 3.71. The van der Waals surface area contributed by atoms with Gasteiger partial charge < -0.3 is 5.32 Å². The predicted molar refractivity (Wildman–Crippen MR) is 92.0 cm³/mol. The van der Waals surface area contributed by atoms with Crippen molar-refractivity contribution >= 4 is 5.91 Å². The van der Waals surface area contributed by atoms with E-state index in [0.717, 1.165) is 17.9 Å². The number of hydrogen-bond acceptors (Lipinski definition) is 5. The van der Waals surface area contributed by atoms with Gasteiger partial charge in [0.1, 0.15) is 12.2 Å². The van der Waals surface area contributed by atoms with Crippen molar-refractivity contribution in [3.05, 3.63) is 54.4 Å². The van der Waals surface area contributed by atoms with E-state index in [9.17, 15) is 4.79 Å². The van der Waals surface area contributed by atoms with Crippen LogP contribution in [0.15, 0.2) is 42.9 Å². The smallest absolute Gasteiger partial charge is 0.272 e. The van der Waals surface area contributed by atoms with Gasteiger partial charge in [-0.15, -0.1) is 5.10 Å². The Morgan fingerprint density at radius 3 is 2.64 bits per heavy atom. The zero-order valence-electron chi connectivity index (χ0n) is 14.5. The third kappa shape index (κ3) is 3.73. The standard InChI is InChI=1S/C17H21N7O/c1-12(2)9-14(16-18-11-20-23(16)3)21-17(25)15-10-19-22-24(15)13-7-5-4-6-8-13/h4-8,10-12,14H,9H2,1-3H3,(H,21,25). The van der Waals surface area contributed by atoms with Gasteiger partial charge in [-0.2, -0.15) is 5.10 Å². The van der Waals surface area contributed by atoms with Crippen LogP contribution in [0.25, 0.3) is 5.69 Å². The first-order valence-corrected chi connectivity index (χ1v) is 8.17. The van der Waals surface area contributed by atoms with Crippen LogP contribution in [0.3, 0.4) is 0 Å². The van der Waals surface area contributed by atoms with Gasteiger partial charge in [0.05, 0.1) is 17.9 Å². The predicted octanol–water partition coefficient (Wildman–Crippen LogP) is 1.91. The molecule has 2 heterocycles. The Bertz CT molecular complexity index is 838. The summed E-state index contributed by atoms with van der Waals surface area (Å²) in [5, 5.41) is 15.1. The molecule has 0 bridgehead atoms. The fraction of sp³-hybridized carbons (Fsp3) is 0.353. The summed E-state index contributed by atoms with van der Waals surface area (Å²) < 4.78 is 3.21. The molecule has 3 rings (SSSR count). The molecule has 0 saturated carbocycles. The Morgan fingerprint density at radius 2 is 2.00 bits per heavy atom. The first-order chi connectivity index (χ1) is 12.1. The van der Waals surface area contributed by atoms with E-state index in [0.29, 0.717) is 11.6 Å². The van der Waals surface area contributed by atoms with E-state index < -0.39 is 0 Å². The van der Waals surface area contributed by atoms with E-state index >= 15 is 0 Å². The zero-order valence-corrected chi connectivity index (χ0v) is 14.5. The van der Waals surface area contributed by atoms with Crippen molar-refractivity contribution < 1.29 is 4.79 Å². The minimum absolute atomic E-state index is 0.237. The molecule has 1 N–H and O–H groups in total. The topological polar surface area (TPSA) is 90.5 Å². The van der Waals surface area contributed by atoms with E-state index in [1.54, 1.807) is 4.68 Å². The number of para-hydroxylation sites is 1. The van der Waals surface area contributed by atoms with E-state index in [2.05, 4.69) is 39.6 Å². The lowest BCUT2D eigenvalue weighted by Gasteiger charge is -2.19. The average molecular weight is 339 g/mol. The second kappa shape index (κ2) is 7.25. The SMILES string of the molecule is CC(C)CC(NC(=O)c1cnnn1-c1ccccc1)c1ncnn1C. The fourth-order valence-corrected chi connectivity index (χ4v) is 2.70. The quantitative estimate of drug-likeness (QED) is 0.741. The van der Waals surface area contributed by atoms with Crippen LogP contribution in [0.1, 0.15) is 42.6 Å². The zero-order chi connectivity index (χ0) is 17.8. The molecular weight excluding hydrogens is 318 g/mol. The number of aryl methyl sites for hydroxylation is 1. The number of hydrogen-bond donors (Lipinski definition) is 1. The average Bonchev–Trinajstić information content (AvgIpc) is 3.23. The molecule has 0 radical (unpaired) electrons. The van der Waals surface area contributed by atoms with Crippen LogP contribution in [0, 0.1) is 5.92 Å². The highest BCUT2D eigenvalue weighted by Crippen LogP contribution is 2.20. The highest BCUT2D eigenvalue weighted by Gasteiger charge is 2.23. The Morgan fingerprint density at radius 1 is 1.24 bits per heavy atom. The van der Waals surface area contributed by atoms with Crippen molar-refractivity contribution in [3.63, 3.8) is 0 Å². The molecule has 0 aliphatic rings. The van der Waals surface area contributed by atoms with E-state index in [4.69, 9.17) is 0 Å². The number of nitrogens with one attached hydrogen (secondary N) is 1. The highest BCUT2D eigenvalue weighted by molar-refractivity contribution is 5.93. The molecule has 0 aliphatic heterocycles. The van der Waals surface area contributed by atoms with Crippen LogP contribution in [0.5, 0.6) is 0 Å². The highest BCUT2D eigenvalue weighted by atomic mass is 16.2. The molecule has 0 spiro atoms. The molecule has 2 aromatic heterocycles. The molecule has 8 heteroatoms. The molecule has 1 amide bonds. The minimum Gasteiger partial charge on any atom is -0.341 e. The van der Waals surface area contributed by atoms with Crippen molar-refractivity contribution in [3.8, 4) is 5.69 Å². The third-order valence-corrected chi connectivity index (χ3v) is 3.85. The number of aromatic nitrogens is 6. The van der Waals surface area contributed by atoms with Gasteiger partial charge in [0.25, 0.3) is 5.91 Å². The third-order valence-electron chi connectivity index (χ3n) is 3.85. The molecule has 1 aromatic carbocycles. The van der Waals surface area contributed by atoms with E-state index in [1.165, 1.54) is 17.2 Å². The molecule has 0 fully saturated rings. The summed E-state index contributed by atoms with van der Waals surface area (Å²) >= 11 is 0. The number of rotatable bonds is 6. The largest absolute Gasteiger partial charge is 0.341 e. The van der Waals surface area contributed by atoms with Crippen LogP contribution in [0.4, 0.5) is 0 Å². The second-order valence-electron chi connectivity index (χ2n) is 6.26. The van der Waals surface area contributed by atoms with Crippen LogP contribution in [-0.4, -0.2) is 35.7 Å². The van der Waals surface area contributed by atoms with Crippen molar-refractivity contribution in [1.29, 1.82) is 0 Å². The maximum Gasteiger partial charge on any atom is 0.272 e. The molecule has 0 aliphatic carbocycles. The first kappa shape index (κ1) is 16.8. The van der Waals surface area contributed by atoms with Crippen LogP contribution in [0.2, 0.25) is 0 Å². The van der Waals surface area contributed by atoms with Gasteiger partial charge >= 0.3 is 0 Å². The molecule has 1 atom stereocenters. The van der Waals surface area contributed by atoms with Gasteiger partial charge in [0.2, 0.25) is 0 Å². The Labute approximate surface area is 145 Å². The first-order valence-electron chi connectivity index (χ1n) is 8.17. The lowest BCUT2D eigenvalue weighted by atomic mass is 10.0. The molecule has 0 saturated heterocycles. The number of benzene rings is 1. The summed E-state index contributed by atoms with van der Waals surface area (Å²) in [6.45, 7) is 4.20. The van der Waals surface area contributed by atoms with Crippen LogP contribution < -0.4 is 5.32 Å².